The summed E-state index contributed by atoms with van der Waals surface area (Å²) in [5, 5.41) is 12.6. The van der Waals surface area contributed by atoms with Gasteiger partial charge >= 0.3 is 0 Å². The van der Waals surface area contributed by atoms with E-state index in [4.69, 9.17) is 0 Å². The fraction of sp³-hybridized carbons (Fsp3) is 0.500. The quantitative estimate of drug-likeness (QED) is 0.579. The third kappa shape index (κ3) is 2.96. The van der Waals surface area contributed by atoms with Gasteiger partial charge in [0.25, 0.3) is 5.91 Å². The van der Waals surface area contributed by atoms with Crippen LogP contribution in [-0.2, 0) is 7.05 Å². The van der Waals surface area contributed by atoms with Crippen LogP contribution >= 0.6 is 11.3 Å². The number of nitrogens with zero attached hydrogens (tertiary/aromatic N) is 2. The van der Waals surface area contributed by atoms with Crippen molar-refractivity contribution in [3.8, 4) is 0 Å². The van der Waals surface area contributed by atoms with Gasteiger partial charge in [-0.3, -0.25) is 9.48 Å². The summed E-state index contributed by atoms with van der Waals surface area (Å²) in [7, 11) is 1.93. The molecule has 0 aliphatic heterocycles. The highest BCUT2D eigenvalue weighted by atomic mass is 32.1. The maximum atomic E-state index is 13.1. The van der Waals surface area contributed by atoms with E-state index in [1.165, 1.54) is 49.9 Å². The van der Waals surface area contributed by atoms with Crippen molar-refractivity contribution in [2.45, 2.75) is 51.0 Å². The minimum atomic E-state index is -0.0460. The molecule has 156 valence electrons. The molecule has 2 aromatic heterocycles. The minimum absolute atomic E-state index is 0.0460. The summed E-state index contributed by atoms with van der Waals surface area (Å²) in [4.78, 5) is 14.8. The van der Waals surface area contributed by atoms with Crippen molar-refractivity contribution < 1.29 is 4.79 Å². The molecule has 4 fully saturated rings. The van der Waals surface area contributed by atoms with Crippen LogP contribution in [0.4, 0.5) is 11.4 Å². The molecule has 3 aromatic rings. The standard InChI is InChI=1S/C24H28N4OS/c1-14-18-10-21(30-23(18)28(2)27-14)22(29)25-19-5-3-4-6-20(19)26-24-11-15-7-16(12-24)9-17(8-15)13-24/h3-6,10,15-17,26H,7-9,11-13H2,1-2H3,(H,25,29). The van der Waals surface area contributed by atoms with E-state index in [2.05, 4.69) is 27.9 Å². The van der Waals surface area contributed by atoms with Gasteiger partial charge in [0.15, 0.2) is 0 Å². The average molecular weight is 421 g/mol. The van der Waals surface area contributed by atoms with Crippen molar-refractivity contribution in [3.05, 3.63) is 40.9 Å². The molecule has 1 aromatic carbocycles. The lowest BCUT2D eigenvalue weighted by Crippen LogP contribution is -2.54. The van der Waals surface area contributed by atoms with E-state index in [9.17, 15) is 4.79 Å². The molecule has 30 heavy (non-hydrogen) atoms. The van der Waals surface area contributed by atoms with Crippen molar-refractivity contribution in [1.82, 2.24) is 9.78 Å². The molecule has 0 radical (unpaired) electrons. The second kappa shape index (κ2) is 6.58. The highest BCUT2D eigenvalue weighted by molar-refractivity contribution is 7.20. The van der Waals surface area contributed by atoms with Gasteiger partial charge in [0.2, 0.25) is 0 Å². The average Bonchev–Trinajstić information content (AvgIpc) is 3.24. The van der Waals surface area contributed by atoms with Crippen LogP contribution in [0, 0.1) is 24.7 Å². The minimum Gasteiger partial charge on any atom is -0.378 e. The van der Waals surface area contributed by atoms with E-state index in [1.54, 1.807) is 0 Å². The number of carbonyl (C=O) groups is 1. The normalized spacial score (nSPS) is 29.5. The van der Waals surface area contributed by atoms with Gasteiger partial charge in [-0.2, -0.15) is 5.10 Å². The Morgan fingerprint density at radius 2 is 1.73 bits per heavy atom. The SMILES string of the molecule is Cc1nn(C)c2sc(C(=O)Nc3ccccc3NC34CC5CC(CC(C5)C3)C4)cc12. The van der Waals surface area contributed by atoms with Gasteiger partial charge in [-0.1, -0.05) is 12.1 Å². The van der Waals surface area contributed by atoms with Crippen LogP contribution in [-0.4, -0.2) is 21.2 Å². The third-order valence-corrected chi connectivity index (χ3v) is 8.73. The number of amides is 1. The molecule has 7 rings (SSSR count). The van der Waals surface area contributed by atoms with E-state index in [-0.39, 0.29) is 11.4 Å². The van der Waals surface area contributed by atoms with E-state index >= 15 is 0 Å². The second-order valence-corrected chi connectivity index (χ2v) is 10.9. The van der Waals surface area contributed by atoms with Gasteiger partial charge in [-0.05, 0) is 81.4 Å². The zero-order valence-corrected chi connectivity index (χ0v) is 18.4. The molecule has 0 saturated heterocycles. The van der Waals surface area contributed by atoms with Gasteiger partial charge in [0, 0.05) is 18.0 Å². The molecule has 2 heterocycles. The highest BCUT2D eigenvalue weighted by Crippen LogP contribution is 2.56. The van der Waals surface area contributed by atoms with Gasteiger partial charge in [-0.15, -0.1) is 11.3 Å². The van der Waals surface area contributed by atoms with Crippen molar-refractivity contribution in [1.29, 1.82) is 0 Å². The van der Waals surface area contributed by atoms with Crippen LogP contribution in [0.1, 0.15) is 53.9 Å². The lowest BCUT2D eigenvalue weighted by Gasteiger charge is -2.57. The van der Waals surface area contributed by atoms with Crippen molar-refractivity contribution in [2.75, 3.05) is 10.6 Å². The van der Waals surface area contributed by atoms with Crippen LogP contribution < -0.4 is 10.6 Å². The molecule has 2 N–H and O–H groups in total. The summed E-state index contributed by atoms with van der Waals surface area (Å²) in [6.07, 6.45) is 8.14. The zero-order valence-electron chi connectivity index (χ0n) is 17.6. The van der Waals surface area contributed by atoms with E-state index < -0.39 is 0 Å². The first-order chi connectivity index (χ1) is 14.5. The molecular weight excluding hydrogens is 392 g/mol. The molecular formula is C24H28N4OS. The Bertz CT molecular complexity index is 1070. The molecule has 5 nitrogen and oxygen atoms in total. The summed E-state index contributed by atoms with van der Waals surface area (Å²) >= 11 is 1.50. The number of thiophene rings is 1. The molecule has 4 aliphatic carbocycles. The van der Waals surface area contributed by atoms with E-state index in [0.29, 0.717) is 0 Å². The first kappa shape index (κ1) is 18.4. The van der Waals surface area contributed by atoms with Crippen LogP contribution in [0.3, 0.4) is 0 Å². The molecule has 6 heteroatoms. The second-order valence-electron chi connectivity index (χ2n) is 9.86. The maximum absolute atomic E-state index is 13.1. The number of hydrogen-bond donors (Lipinski definition) is 2. The molecule has 4 bridgehead atoms. The number of aromatic nitrogens is 2. The van der Waals surface area contributed by atoms with Crippen LogP contribution in [0.5, 0.6) is 0 Å². The summed E-state index contributed by atoms with van der Waals surface area (Å²) < 4.78 is 1.86. The number of rotatable bonds is 4. The first-order valence-electron chi connectivity index (χ1n) is 11.1. The lowest BCUT2D eigenvalue weighted by molar-refractivity contribution is 0.0107. The van der Waals surface area contributed by atoms with Crippen molar-refractivity contribution in [3.63, 3.8) is 0 Å². The highest BCUT2D eigenvalue weighted by Gasteiger charge is 2.51. The molecule has 4 aliphatic rings. The Morgan fingerprint density at radius 1 is 1.10 bits per heavy atom. The number of para-hydroxylation sites is 2. The largest absolute Gasteiger partial charge is 0.378 e. The van der Waals surface area contributed by atoms with E-state index in [1.807, 2.05) is 36.9 Å². The zero-order chi connectivity index (χ0) is 20.5. The molecule has 0 atom stereocenters. The monoisotopic (exact) mass is 420 g/mol. The fourth-order valence-corrected chi connectivity index (χ4v) is 7.77. The molecule has 1 amide bonds. The predicted octanol–water partition coefficient (Wildman–Crippen LogP) is 5.58. The summed E-state index contributed by atoms with van der Waals surface area (Å²) in [6, 6.07) is 10.2. The molecule has 4 saturated carbocycles. The number of carbonyl (C=O) groups excluding carboxylic acids is 1. The van der Waals surface area contributed by atoms with Crippen LogP contribution in [0.25, 0.3) is 10.2 Å². The van der Waals surface area contributed by atoms with Gasteiger partial charge < -0.3 is 10.6 Å². The molecule has 0 spiro atoms. The van der Waals surface area contributed by atoms with E-state index in [0.717, 1.165) is 49.9 Å². The lowest BCUT2D eigenvalue weighted by atomic mass is 9.53. The number of anilines is 2. The summed E-state index contributed by atoms with van der Waals surface area (Å²) in [5.74, 6) is 2.62. The maximum Gasteiger partial charge on any atom is 0.265 e. The Kier molecular flexibility index (Phi) is 4.04. The smallest absolute Gasteiger partial charge is 0.265 e. The number of fused-ring (bicyclic) bond motifs is 1. The topological polar surface area (TPSA) is 59.0 Å². The van der Waals surface area contributed by atoms with Gasteiger partial charge in [0.1, 0.15) is 4.83 Å². The van der Waals surface area contributed by atoms with Gasteiger partial charge in [-0.25, -0.2) is 0 Å². The fourth-order valence-electron chi connectivity index (χ4n) is 6.75. The first-order valence-corrected chi connectivity index (χ1v) is 11.9. The third-order valence-electron chi connectivity index (χ3n) is 7.53. The Morgan fingerprint density at radius 3 is 2.37 bits per heavy atom. The number of aryl methyl sites for hydroxylation is 2. The van der Waals surface area contributed by atoms with Crippen LogP contribution in [0.15, 0.2) is 30.3 Å². The van der Waals surface area contributed by atoms with Gasteiger partial charge in [0.05, 0.1) is 21.9 Å². The Balaban J connectivity index is 1.26. The van der Waals surface area contributed by atoms with Crippen molar-refractivity contribution in [2.24, 2.45) is 24.8 Å². The molecule has 0 unspecified atom stereocenters. The predicted molar refractivity (Wildman–Crippen MR) is 122 cm³/mol. The number of hydrogen-bond acceptors (Lipinski definition) is 4. The Labute approximate surface area is 180 Å². The Hall–Kier alpha value is -2.34. The van der Waals surface area contributed by atoms with Crippen LogP contribution in [0.2, 0.25) is 0 Å². The number of nitrogens with one attached hydrogen (secondary N) is 2. The summed E-state index contributed by atoms with van der Waals surface area (Å²) in [6.45, 7) is 1.99. The summed E-state index contributed by atoms with van der Waals surface area (Å²) in [5.41, 5.74) is 3.12. The number of benzene rings is 1. The van der Waals surface area contributed by atoms with Crippen molar-refractivity contribution >= 4 is 38.8 Å².